The number of benzene rings is 1. The molecule has 0 bridgehead atoms. The average Bonchev–Trinajstić information content (AvgIpc) is 2.42. The molecule has 5 heteroatoms. The third-order valence-electron chi connectivity index (χ3n) is 1.63. The normalized spacial score (nSPS) is 18.7. The van der Waals surface area contributed by atoms with Crippen molar-refractivity contribution in [1.29, 1.82) is 0 Å². The first-order valence-electron chi connectivity index (χ1n) is 3.51. The highest BCUT2D eigenvalue weighted by Gasteiger charge is 2.22. The maximum atomic E-state index is 10.6. The minimum Gasteiger partial charge on any atom is -0.478 e. The first-order valence-corrected chi connectivity index (χ1v) is 3.95. The smallest absolute Gasteiger partial charge is 0.335 e. The summed E-state index contributed by atoms with van der Waals surface area (Å²) in [5, 5.41) is 8.65. The van der Waals surface area contributed by atoms with Gasteiger partial charge in [0.25, 0.3) is 0 Å². The lowest BCUT2D eigenvalue weighted by molar-refractivity contribution is 0.0696. The SMILES string of the molecule is O=C(O)c1ccc2c(c1)OC(Cl)O2. The number of ether oxygens (including phenoxy) is 2. The Kier molecular flexibility index (Phi) is 1.77. The quantitative estimate of drug-likeness (QED) is 0.701. The molecule has 0 radical (unpaired) electrons. The summed E-state index contributed by atoms with van der Waals surface area (Å²) in [7, 11) is 0. The van der Waals surface area contributed by atoms with Crippen LogP contribution in [0.4, 0.5) is 0 Å². The van der Waals surface area contributed by atoms with Crippen molar-refractivity contribution in [3.63, 3.8) is 0 Å². The average molecular weight is 201 g/mol. The fourth-order valence-electron chi connectivity index (χ4n) is 1.05. The summed E-state index contributed by atoms with van der Waals surface area (Å²) in [5.41, 5.74) is 0.146. The van der Waals surface area contributed by atoms with Crippen LogP contribution in [0.25, 0.3) is 0 Å². The van der Waals surface area contributed by atoms with E-state index in [0.29, 0.717) is 11.5 Å². The number of alkyl halides is 1. The van der Waals surface area contributed by atoms with Crippen LogP contribution in [-0.2, 0) is 0 Å². The van der Waals surface area contributed by atoms with Gasteiger partial charge in [0.1, 0.15) is 0 Å². The van der Waals surface area contributed by atoms with Crippen molar-refractivity contribution >= 4 is 17.6 Å². The second-order valence-electron chi connectivity index (χ2n) is 2.48. The van der Waals surface area contributed by atoms with E-state index in [1.807, 2.05) is 0 Å². The standard InChI is InChI=1S/C8H5ClO4/c9-8-12-5-2-1-4(7(10)11)3-6(5)13-8/h1-3,8H,(H,10,11). The Morgan fingerprint density at radius 1 is 1.38 bits per heavy atom. The maximum absolute atomic E-state index is 10.6. The highest BCUT2D eigenvalue weighted by molar-refractivity contribution is 6.19. The second-order valence-corrected chi connectivity index (χ2v) is 2.83. The molecule has 0 aromatic heterocycles. The Balaban J connectivity index is 2.40. The molecule has 0 aliphatic carbocycles. The Hall–Kier alpha value is -1.42. The molecule has 1 atom stereocenters. The van der Waals surface area contributed by atoms with Crippen molar-refractivity contribution in [3.8, 4) is 11.5 Å². The van der Waals surface area contributed by atoms with Gasteiger partial charge in [-0.3, -0.25) is 0 Å². The molecule has 1 unspecified atom stereocenters. The van der Waals surface area contributed by atoms with Crippen molar-refractivity contribution in [2.24, 2.45) is 0 Å². The van der Waals surface area contributed by atoms with Gasteiger partial charge >= 0.3 is 11.7 Å². The van der Waals surface area contributed by atoms with Gasteiger partial charge in [-0.2, -0.15) is 0 Å². The van der Waals surface area contributed by atoms with E-state index in [0.717, 1.165) is 0 Å². The van der Waals surface area contributed by atoms with Gasteiger partial charge in [0.15, 0.2) is 11.5 Å². The van der Waals surface area contributed by atoms with Crippen molar-refractivity contribution in [1.82, 2.24) is 0 Å². The second kappa shape index (κ2) is 2.81. The summed E-state index contributed by atoms with van der Waals surface area (Å²) in [4.78, 5) is 10.6. The van der Waals surface area contributed by atoms with E-state index >= 15 is 0 Å². The molecule has 0 spiro atoms. The predicted octanol–water partition coefficient (Wildman–Crippen LogP) is 1.68. The molecule has 0 fully saturated rings. The molecular weight excluding hydrogens is 196 g/mol. The third-order valence-corrected chi connectivity index (χ3v) is 1.81. The molecule has 68 valence electrons. The van der Waals surface area contributed by atoms with Crippen LogP contribution in [0.15, 0.2) is 18.2 Å². The van der Waals surface area contributed by atoms with E-state index in [1.54, 1.807) is 0 Å². The van der Waals surface area contributed by atoms with Crippen LogP contribution < -0.4 is 9.47 Å². The number of halogens is 1. The van der Waals surface area contributed by atoms with Gasteiger partial charge in [-0.25, -0.2) is 4.79 Å². The summed E-state index contributed by atoms with van der Waals surface area (Å²) in [5.74, 6) is -1.05. The zero-order chi connectivity index (χ0) is 9.42. The lowest BCUT2D eigenvalue weighted by Crippen LogP contribution is -2.07. The third kappa shape index (κ3) is 1.40. The molecule has 1 aliphatic heterocycles. The van der Waals surface area contributed by atoms with Gasteiger partial charge in [-0.1, -0.05) is 0 Å². The van der Waals surface area contributed by atoms with Crippen LogP contribution in [0.5, 0.6) is 11.5 Å². The van der Waals surface area contributed by atoms with Gasteiger partial charge < -0.3 is 14.6 Å². The summed E-state index contributed by atoms with van der Waals surface area (Å²) in [6.07, 6.45) is 0. The summed E-state index contributed by atoms with van der Waals surface area (Å²) in [6.45, 7) is 0. The minimum atomic E-state index is -1.01. The minimum absolute atomic E-state index is 0.146. The molecular formula is C8H5ClO4. The van der Waals surface area contributed by atoms with Gasteiger partial charge in [0.05, 0.1) is 5.56 Å². The lowest BCUT2D eigenvalue weighted by Gasteiger charge is -1.97. The number of carboxylic acid groups (broad SMARTS) is 1. The number of carboxylic acids is 1. The predicted molar refractivity (Wildman–Crippen MR) is 44.3 cm³/mol. The van der Waals surface area contributed by atoms with Crippen molar-refractivity contribution < 1.29 is 19.4 Å². The highest BCUT2D eigenvalue weighted by atomic mass is 35.5. The number of hydrogen-bond donors (Lipinski definition) is 1. The monoisotopic (exact) mass is 200 g/mol. The number of rotatable bonds is 1. The van der Waals surface area contributed by atoms with E-state index in [1.165, 1.54) is 18.2 Å². The summed E-state index contributed by atoms with van der Waals surface area (Å²) < 4.78 is 9.97. The Morgan fingerprint density at radius 2 is 2.08 bits per heavy atom. The molecule has 2 rings (SSSR count). The van der Waals surface area contributed by atoms with E-state index in [4.69, 9.17) is 26.2 Å². The molecule has 13 heavy (non-hydrogen) atoms. The molecule has 1 heterocycles. The van der Waals surface area contributed by atoms with E-state index < -0.39 is 11.7 Å². The van der Waals surface area contributed by atoms with Crippen LogP contribution in [0.3, 0.4) is 0 Å². The van der Waals surface area contributed by atoms with Crippen LogP contribution in [0.1, 0.15) is 10.4 Å². The molecule has 0 amide bonds. The molecule has 1 aromatic carbocycles. The fourth-order valence-corrected chi connectivity index (χ4v) is 1.25. The Morgan fingerprint density at radius 3 is 2.77 bits per heavy atom. The molecule has 0 saturated carbocycles. The van der Waals surface area contributed by atoms with Gasteiger partial charge in [-0.05, 0) is 29.8 Å². The van der Waals surface area contributed by atoms with E-state index in [-0.39, 0.29) is 5.56 Å². The number of carbonyl (C=O) groups is 1. The van der Waals surface area contributed by atoms with Crippen LogP contribution in [0.2, 0.25) is 0 Å². The molecule has 1 aliphatic rings. The van der Waals surface area contributed by atoms with Crippen molar-refractivity contribution in [2.45, 2.75) is 5.75 Å². The molecule has 4 nitrogen and oxygen atoms in total. The van der Waals surface area contributed by atoms with Crippen LogP contribution in [-0.4, -0.2) is 16.8 Å². The van der Waals surface area contributed by atoms with E-state index in [2.05, 4.69) is 0 Å². The highest BCUT2D eigenvalue weighted by Crippen LogP contribution is 2.36. The summed E-state index contributed by atoms with van der Waals surface area (Å²) in [6, 6.07) is 4.32. The maximum Gasteiger partial charge on any atom is 0.335 e. The molecule has 1 aromatic rings. The topological polar surface area (TPSA) is 55.8 Å². The van der Waals surface area contributed by atoms with Crippen LogP contribution >= 0.6 is 11.6 Å². The first kappa shape index (κ1) is 8.19. The Labute approximate surface area is 78.6 Å². The molecule has 0 saturated heterocycles. The lowest BCUT2D eigenvalue weighted by atomic mass is 10.2. The van der Waals surface area contributed by atoms with Gasteiger partial charge in [-0.15, -0.1) is 0 Å². The zero-order valence-electron chi connectivity index (χ0n) is 6.36. The van der Waals surface area contributed by atoms with Gasteiger partial charge in [0, 0.05) is 0 Å². The zero-order valence-corrected chi connectivity index (χ0v) is 7.12. The Bertz CT molecular complexity index is 363. The van der Waals surface area contributed by atoms with Crippen LogP contribution in [0, 0.1) is 0 Å². The largest absolute Gasteiger partial charge is 0.478 e. The molecule has 1 N–H and O–H groups in total. The number of fused-ring (bicyclic) bond motifs is 1. The summed E-state index contributed by atoms with van der Waals surface area (Å²) >= 11 is 5.52. The van der Waals surface area contributed by atoms with Gasteiger partial charge in [0.2, 0.25) is 0 Å². The first-order chi connectivity index (χ1) is 6.16. The van der Waals surface area contributed by atoms with E-state index in [9.17, 15) is 4.79 Å². The number of aromatic carboxylic acids is 1. The number of hydrogen-bond acceptors (Lipinski definition) is 3. The van der Waals surface area contributed by atoms with Crippen molar-refractivity contribution in [3.05, 3.63) is 23.8 Å². The van der Waals surface area contributed by atoms with Crippen molar-refractivity contribution in [2.75, 3.05) is 0 Å². The fraction of sp³-hybridized carbons (Fsp3) is 0.125.